The van der Waals surface area contributed by atoms with E-state index >= 15 is 0 Å². The maximum Gasteiger partial charge on any atom is 0.213 e. The Morgan fingerprint density at radius 3 is 2.95 bits per heavy atom. The molecule has 1 aliphatic rings. The first-order chi connectivity index (χ1) is 9.78. The maximum atomic E-state index is 5.92. The number of rotatable bonds is 10. The number of nitrogens with zero attached hydrogens (tertiary/aromatic N) is 1. The predicted molar refractivity (Wildman–Crippen MR) is 82.9 cm³/mol. The Bertz CT molecular complexity index is 390. The van der Waals surface area contributed by atoms with Gasteiger partial charge in [-0.2, -0.15) is 0 Å². The van der Waals surface area contributed by atoms with Crippen LogP contribution in [0.5, 0.6) is 5.88 Å². The topological polar surface area (TPSA) is 34.1 Å². The van der Waals surface area contributed by atoms with E-state index in [4.69, 9.17) is 4.74 Å². The Kier molecular flexibility index (Phi) is 6.31. The second kappa shape index (κ2) is 8.25. The van der Waals surface area contributed by atoms with Crippen molar-refractivity contribution < 1.29 is 4.74 Å². The van der Waals surface area contributed by atoms with E-state index in [0.29, 0.717) is 0 Å². The monoisotopic (exact) mass is 276 g/mol. The molecule has 0 spiro atoms. The lowest BCUT2D eigenvalue weighted by Crippen LogP contribution is -2.16. The molecular weight excluding hydrogens is 248 g/mol. The van der Waals surface area contributed by atoms with Gasteiger partial charge in [-0.15, -0.1) is 0 Å². The van der Waals surface area contributed by atoms with Crippen molar-refractivity contribution in [2.24, 2.45) is 0 Å². The fraction of sp³-hybridized carbons (Fsp3) is 0.706. The molecule has 1 aromatic rings. The molecule has 20 heavy (non-hydrogen) atoms. The normalized spacial score (nSPS) is 16.1. The van der Waals surface area contributed by atoms with Gasteiger partial charge in [-0.25, -0.2) is 4.98 Å². The molecule has 0 amide bonds. The zero-order valence-corrected chi connectivity index (χ0v) is 12.9. The number of nitrogens with one attached hydrogen (secondary N) is 1. The van der Waals surface area contributed by atoms with Crippen molar-refractivity contribution in [3.63, 3.8) is 0 Å². The highest BCUT2D eigenvalue weighted by Crippen LogP contribution is 2.20. The third-order valence-corrected chi connectivity index (χ3v) is 3.76. The molecular formula is C17H28N2O. The van der Waals surface area contributed by atoms with Gasteiger partial charge in [0, 0.05) is 24.8 Å². The summed E-state index contributed by atoms with van der Waals surface area (Å²) >= 11 is 0. The van der Waals surface area contributed by atoms with Crippen LogP contribution in [-0.4, -0.2) is 17.1 Å². The van der Waals surface area contributed by atoms with Gasteiger partial charge in [0.15, 0.2) is 0 Å². The molecule has 0 radical (unpaired) electrons. The molecule has 1 unspecified atom stereocenters. The van der Waals surface area contributed by atoms with Gasteiger partial charge in [-0.3, -0.25) is 0 Å². The van der Waals surface area contributed by atoms with Crippen LogP contribution in [-0.2, 0) is 6.54 Å². The molecule has 1 aliphatic carbocycles. The second-order valence-electron chi connectivity index (χ2n) is 5.94. The molecule has 0 aliphatic heterocycles. The van der Waals surface area contributed by atoms with Crippen LogP contribution in [0.2, 0.25) is 0 Å². The minimum atomic E-state index is 0.256. The molecule has 1 N–H and O–H groups in total. The quantitative estimate of drug-likeness (QED) is 0.654. The number of hydrogen-bond donors (Lipinski definition) is 1. The molecule has 3 nitrogen and oxygen atoms in total. The minimum Gasteiger partial charge on any atom is -0.475 e. The van der Waals surface area contributed by atoms with E-state index in [9.17, 15) is 0 Å². The standard InChI is InChI=1S/C17H28N2O/c1-3-4-5-6-7-14(2)20-17-12-15(10-11-18-17)13-19-16-8-9-16/h10-12,14,16,19H,3-9,13H2,1-2H3. The first-order valence-electron chi connectivity index (χ1n) is 8.13. The molecule has 0 aromatic carbocycles. The number of hydrogen-bond acceptors (Lipinski definition) is 3. The third kappa shape index (κ3) is 5.91. The highest BCUT2D eigenvalue weighted by Gasteiger charge is 2.20. The molecule has 1 fully saturated rings. The predicted octanol–water partition coefficient (Wildman–Crippen LogP) is 4.07. The summed E-state index contributed by atoms with van der Waals surface area (Å²) in [6, 6.07) is 4.87. The van der Waals surface area contributed by atoms with Gasteiger partial charge >= 0.3 is 0 Å². The Morgan fingerprint density at radius 2 is 2.20 bits per heavy atom. The molecule has 1 heterocycles. The summed E-state index contributed by atoms with van der Waals surface area (Å²) in [5, 5.41) is 3.52. The van der Waals surface area contributed by atoms with E-state index < -0.39 is 0 Å². The van der Waals surface area contributed by atoms with Gasteiger partial charge in [0.25, 0.3) is 0 Å². The van der Waals surface area contributed by atoms with Crippen LogP contribution in [0.3, 0.4) is 0 Å². The van der Waals surface area contributed by atoms with E-state index in [1.54, 1.807) is 0 Å². The zero-order valence-electron chi connectivity index (χ0n) is 12.9. The van der Waals surface area contributed by atoms with Crippen molar-refractivity contribution >= 4 is 0 Å². The molecule has 1 saturated carbocycles. The van der Waals surface area contributed by atoms with Crippen LogP contribution in [0.1, 0.15) is 64.4 Å². The lowest BCUT2D eigenvalue weighted by Gasteiger charge is -2.14. The van der Waals surface area contributed by atoms with E-state index in [1.807, 2.05) is 6.20 Å². The van der Waals surface area contributed by atoms with E-state index in [2.05, 4.69) is 36.3 Å². The zero-order chi connectivity index (χ0) is 14.2. The number of pyridine rings is 1. The molecule has 0 bridgehead atoms. The molecule has 2 rings (SSSR count). The van der Waals surface area contributed by atoms with Gasteiger partial charge in [0.2, 0.25) is 5.88 Å². The summed E-state index contributed by atoms with van der Waals surface area (Å²) < 4.78 is 5.92. The average Bonchev–Trinajstić information content (AvgIpc) is 3.26. The fourth-order valence-electron chi connectivity index (χ4n) is 2.30. The third-order valence-electron chi connectivity index (χ3n) is 3.76. The van der Waals surface area contributed by atoms with Crippen molar-refractivity contribution in [2.45, 2.75) is 77.5 Å². The van der Waals surface area contributed by atoms with Gasteiger partial charge in [0.05, 0.1) is 6.10 Å². The van der Waals surface area contributed by atoms with Crippen LogP contribution < -0.4 is 10.1 Å². The van der Waals surface area contributed by atoms with Crippen molar-refractivity contribution in [3.05, 3.63) is 23.9 Å². The minimum absolute atomic E-state index is 0.256. The molecule has 1 aromatic heterocycles. The highest BCUT2D eigenvalue weighted by molar-refractivity contribution is 5.20. The Hall–Kier alpha value is -1.09. The Labute approximate surface area is 123 Å². The number of unbranched alkanes of at least 4 members (excludes halogenated alkanes) is 3. The number of ether oxygens (including phenoxy) is 1. The smallest absolute Gasteiger partial charge is 0.213 e. The molecule has 0 saturated heterocycles. The van der Waals surface area contributed by atoms with Crippen LogP contribution >= 0.6 is 0 Å². The van der Waals surface area contributed by atoms with Crippen molar-refractivity contribution in [2.75, 3.05) is 0 Å². The summed E-state index contributed by atoms with van der Waals surface area (Å²) in [6.45, 7) is 5.31. The van der Waals surface area contributed by atoms with E-state index in [1.165, 1.54) is 44.1 Å². The molecule has 1 atom stereocenters. The van der Waals surface area contributed by atoms with Crippen LogP contribution in [0.25, 0.3) is 0 Å². The SMILES string of the molecule is CCCCCCC(C)Oc1cc(CNC2CC2)ccn1. The summed E-state index contributed by atoms with van der Waals surface area (Å²) in [6.07, 6.45) is 11.0. The van der Waals surface area contributed by atoms with Crippen molar-refractivity contribution in [1.29, 1.82) is 0 Å². The van der Waals surface area contributed by atoms with E-state index in [0.717, 1.165) is 24.9 Å². The lowest BCUT2D eigenvalue weighted by molar-refractivity contribution is 0.198. The lowest BCUT2D eigenvalue weighted by atomic mass is 10.1. The van der Waals surface area contributed by atoms with Crippen molar-refractivity contribution in [1.82, 2.24) is 10.3 Å². The van der Waals surface area contributed by atoms with Crippen LogP contribution in [0, 0.1) is 0 Å². The number of aromatic nitrogens is 1. The van der Waals surface area contributed by atoms with Crippen molar-refractivity contribution in [3.8, 4) is 5.88 Å². The summed E-state index contributed by atoms with van der Waals surface area (Å²) in [4.78, 5) is 4.32. The first kappa shape index (κ1) is 15.3. The molecule has 112 valence electrons. The Morgan fingerprint density at radius 1 is 1.35 bits per heavy atom. The van der Waals surface area contributed by atoms with Gasteiger partial charge in [0.1, 0.15) is 0 Å². The summed E-state index contributed by atoms with van der Waals surface area (Å²) in [5.41, 5.74) is 1.26. The summed E-state index contributed by atoms with van der Waals surface area (Å²) in [7, 11) is 0. The molecule has 3 heteroatoms. The van der Waals surface area contributed by atoms with Crippen LogP contribution in [0.15, 0.2) is 18.3 Å². The Balaban J connectivity index is 1.71. The first-order valence-corrected chi connectivity index (χ1v) is 8.13. The van der Waals surface area contributed by atoms with Crippen LogP contribution in [0.4, 0.5) is 0 Å². The largest absolute Gasteiger partial charge is 0.475 e. The van der Waals surface area contributed by atoms with E-state index in [-0.39, 0.29) is 6.10 Å². The highest BCUT2D eigenvalue weighted by atomic mass is 16.5. The van der Waals surface area contributed by atoms with Gasteiger partial charge in [-0.05, 0) is 44.2 Å². The summed E-state index contributed by atoms with van der Waals surface area (Å²) in [5.74, 6) is 0.767. The maximum absolute atomic E-state index is 5.92. The average molecular weight is 276 g/mol. The van der Waals surface area contributed by atoms with Gasteiger partial charge in [-0.1, -0.05) is 26.2 Å². The second-order valence-corrected chi connectivity index (χ2v) is 5.94. The fourth-order valence-corrected chi connectivity index (χ4v) is 2.30. The van der Waals surface area contributed by atoms with Gasteiger partial charge < -0.3 is 10.1 Å².